The van der Waals surface area contributed by atoms with Crippen molar-refractivity contribution in [2.24, 2.45) is 0 Å². The Labute approximate surface area is 98.8 Å². The lowest BCUT2D eigenvalue weighted by Gasteiger charge is -2.09. The molecule has 1 N–H and O–H groups in total. The lowest BCUT2D eigenvalue weighted by atomic mass is 10.1. The van der Waals surface area contributed by atoms with Gasteiger partial charge in [-0.15, -0.1) is 0 Å². The van der Waals surface area contributed by atoms with Gasteiger partial charge < -0.3 is 10.1 Å². The predicted molar refractivity (Wildman–Crippen MR) is 61.4 cm³/mol. The first-order chi connectivity index (χ1) is 7.95. The zero-order chi connectivity index (χ0) is 13.0. The summed E-state index contributed by atoms with van der Waals surface area (Å²) in [5.74, 6) is -1.51. The molecule has 0 aliphatic rings. The molecule has 0 aliphatic heterocycles. The van der Waals surface area contributed by atoms with Crippen molar-refractivity contribution in [2.75, 3.05) is 11.9 Å². The molecule has 0 aromatic heterocycles. The van der Waals surface area contributed by atoms with Gasteiger partial charge in [-0.05, 0) is 31.5 Å². The van der Waals surface area contributed by atoms with E-state index in [4.69, 9.17) is 4.74 Å². The van der Waals surface area contributed by atoms with E-state index in [2.05, 4.69) is 5.32 Å². The van der Waals surface area contributed by atoms with Crippen LogP contribution in [0.4, 0.5) is 10.1 Å². The van der Waals surface area contributed by atoms with Crippen molar-refractivity contribution < 1.29 is 18.7 Å². The number of nitrogens with one attached hydrogen (secondary N) is 1. The van der Waals surface area contributed by atoms with Crippen molar-refractivity contribution in [3.05, 3.63) is 29.1 Å². The molecule has 0 spiro atoms. The lowest BCUT2D eigenvalue weighted by molar-refractivity contribution is -0.114. The van der Waals surface area contributed by atoms with Crippen LogP contribution in [-0.2, 0) is 9.53 Å². The maximum atomic E-state index is 13.5. The largest absolute Gasteiger partial charge is 0.462 e. The minimum absolute atomic E-state index is 0.0221. The maximum absolute atomic E-state index is 13.5. The Balaban J connectivity index is 3.14. The van der Waals surface area contributed by atoms with Gasteiger partial charge in [0.05, 0.1) is 17.9 Å². The lowest BCUT2D eigenvalue weighted by Crippen LogP contribution is -2.12. The first kappa shape index (κ1) is 13.2. The summed E-state index contributed by atoms with van der Waals surface area (Å²) < 4.78 is 18.3. The van der Waals surface area contributed by atoms with E-state index in [0.29, 0.717) is 5.56 Å². The zero-order valence-corrected chi connectivity index (χ0v) is 9.96. The highest BCUT2D eigenvalue weighted by Crippen LogP contribution is 2.20. The summed E-state index contributed by atoms with van der Waals surface area (Å²) in [5.41, 5.74) is 0.693. The first-order valence-corrected chi connectivity index (χ1v) is 5.20. The Kier molecular flexibility index (Phi) is 4.20. The van der Waals surface area contributed by atoms with Crippen LogP contribution >= 0.6 is 0 Å². The van der Waals surface area contributed by atoms with Gasteiger partial charge in [0.1, 0.15) is 5.82 Å². The van der Waals surface area contributed by atoms with E-state index in [1.165, 1.54) is 19.1 Å². The Morgan fingerprint density at radius 3 is 2.59 bits per heavy atom. The number of benzene rings is 1. The Hall–Kier alpha value is -1.91. The van der Waals surface area contributed by atoms with E-state index >= 15 is 0 Å². The quantitative estimate of drug-likeness (QED) is 0.823. The number of aryl methyl sites for hydroxylation is 1. The zero-order valence-electron chi connectivity index (χ0n) is 9.96. The van der Waals surface area contributed by atoms with Gasteiger partial charge >= 0.3 is 5.97 Å². The SMILES string of the molecule is CCOC(=O)c1cc(NC(C)=O)c(F)cc1C. The van der Waals surface area contributed by atoms with Gasteiger partial charge in [-0.25, -0.2) is 9.18 Å². The van der Waals surface area contributed by atoms with E-state index < -0.39 is 17.7 Å². The predicted octanol–water partition coefficient (Wildman–Crippen LogP) is 2.27. The van der Waals surface area contributed by atoms with Crippen LogP contribution in [0.25, 0.3) is 0 Å². The van der Waals surface area contributed by atoms with Gasteiger partial charge in [-0.2, -0.15) is 0 Å². The number of halogens is 1. The molecule has 0 saturated carbocycles. The number of ether oxygens (including phenoxy) is 1. The number of carbonyl (C=O) groups is 2. The second-order valence-electron chi connectivity index (χ2n) is 3.55. The number of hydrogen-bond donors (Lipinski definition) is 1. The molecule has 1 aromatic carbocycles. The Morgan fingerprint density at radius 1 is 1.41 bits per heavy atom. The molecule has 0 atom stereocenters. The van der Waals surface area contributed by atoms with Crippen LogP contribution in [0.15, 0.2) is 12.1 Å². The number of anilines is 1. The minimum Gasteiger partial charge on any atom is -0.462 e. The highest BCUT2D eigenvalue weighted by molar-refractivity contribution is 5.95. The average molecular weight is 239 g/mol. The van der Waals surface area contributed by atoms with Gasteiger partial charge in [0.15, 0.2) is 0 Å². The topological polar surface area (TPSA) is 55.4 Å². The van der Waals surface area contributed by atoms with Crippen LogP contribution in [0.2, 0.25) is 0 Å². The molecule has 92 valence electrons. The summed E-state index contributed by atoms with van der Waals surface area (Å²) in [7, 11) is 0. The summed E-state index contributed by atoms with van der Waals surface area (Å²) in [6.07, 6.45) is 0. The molecule has 0 unspecified atom stereocenters. The summed E-state index contributed by atoms with van der Waals surface area (Å²) in [5, 5.41) is 2.32. The molecule has 4 nitrogen and oxygen atoms in total. The number of amides is 1. The fourth-order valence-corrected chi connectivity index (χ4v) is 1.39. The van der Waals surface area contributed by atoms with E-state index in [-0.39, 0.29) is 17.9 Å². The second-order valence-corrected chi connectivity index (χ2v) is 3.55. The number of esters is 1. The molecule has 1 amide bonds. The Morgan fingerprint density at radius 2 is 2.06 bits per heavy atom. The second kappa shape index (κ2) is 5.43. The van der Waals surface area contributed by atoms with Crippen LogP contribution in [0.3, 0.4) is 0 Å². The smallest absolute Gasteiger partial charge is 0.338 e. The third kappa shape index (κ3) is 3.27. The van der Waals surface area contributed by atoms with Crippen LogP contribution in [0.1, 0.15) is 29.8 Å². The summed E-state index contributed by atoms with van der Waals surface area (Å²) in [4.78, 5) is 22.4. The van der Waals surface area contributed by atoms with E-state index in [1.807, 2.05) is 0 Å². The number of hydrogen-bond acceptors (Lipinski definition) is 3. The monoisotopic (exact) mass is 239 g/mol. The molecular formula is C12H14FNO3. The molecule has 17 heavy (non-hydrogen) atoms. The molecule has 0 heterocycles. The summed E-state index contributed by atoms with van der Waals surface area (Å²) in [6.45, 7) is 4.80. The molecule has 0 bridgehead atoms. The molecule has 0 fully saturated rings. The summed E-state index contributed by atoms with van der Waals surface area (Å²) >= 11 is 0. The standard InChI is InChI=1S/C12H14FNO3/c1-4-17-12(16)9-6-11(14-8(3)15)10(13)5-7(9)2/h5-6H,4H2,1-3H3,(H,14,15). The average Bonchev–Trinajstić information content (AvgIpc) is 2.21. The normalized spacial score (nSPS) is 9.88. The van der Waals surface area contributed by atoms with Gasteiger partial charge in [0.2, 0.25) is 5.91 Å². The molecule has 0 aliphatic carbocycles. The van der Waals surface area contributed by atoms with Crippen LogP contribution in [0, 0.1) is 12.7 Å². The van der Waals surface area contributed by atoms with Crippen LogP contribution in [0.5, 0.6) is 0 Å². The van der Waals surface area contributed by atoms with Crippen molar-refractivity contribution in [3.63, 3.8) is 0 Å². The van der Waals surface area contributed by atoms with Gasteiger partial charge in [0, 0.05) is 6.92 Å². The van der Waals surface area contributed by atoms with E-state index in [0.717, 1.165) is 0 Å². The van der Waals surface area contributed by atoms with Crippen molar-refractivity contribution >= 4 is 17.6 Å². The fraction of sp³-hybridized carbons (Fsp3) is 0.333. The van der Waals surface area contributed by atoms with Crippen LogP contribution < -0.4 is 5.32 Å². The molecule has 1 rings (SSSR count). The third-order valence-electron chi connectivity index (χ3n) is 2.12. The van der Waals surface area contributed by atoms with Crippen molar-refractivity contribution in [1.29, 1.82) is 0 Å². The van der Waals surface area contributed by atoms with Crippen molar-refractivity contribution in [3.8, 4) is 0 Å². The molecule has 1 aromatic rings. The van der Waals surface area contributed by atoms with E-state index in [1.54, 1.807) is 13.8 Å². The van der Waals surface area contributed by atoms with Gasteiger partial charge in [-0.3, -0.25) is 4.79 Å². The van der Waals surface area contributed by atoms with E-state index in [9.17, 15) is 14.0 Å². The molecule has 5 heteroatoms. The van der Waals surface area contributed by atoms with Gasteiger partial charge in [-0.1, -0.05) is 0 Å². The fourth-order valence-electron chi connectivity index (χ4n) is 1.39. The Bertz CT molecular complexity index is 457. The van der Waals surface area contributed by atoms with Crippen LogP contribution in [-0.4, -0.2) is 18.5 Å². The number of rotatable bonds is 3. The molecule has 0 radical (unpaired) electrons. The van der Waals surface area contributed by atoms with Gasteiger partial charge in [0.25, 0.3) is 0 Å². The molecular weight excluding hydrogens is 225 g/mol. The maximum Gasteiger partial charge on any atom is 0.338 e. The highest BCUT2D eigenvalue weighted by Gasteiger charge is 2.14. The summed E-state index contributed by atoms with van der Waals surface area (Å²) in [6, 6.07) is 2.47. The van der Waals surface area contributed by atoms with Crippen molar-refractivity contribution in [1.82, 2.24) is 0 Å². The minimum atomic E-state index is -0.578. The molecule has 0 saturated heterocycles. The van der Waals surface area contributed by atoms with Crippen molar-refractivity contribution in [2.45, 2.75) is 20.8 Å². The third-order valence-corrected chi connectivity index (χ3v) is 2.12. The first-order valence-electron chi connectivity index (χ1n) is 5.20. The number of carbonyl (C=O) groups excluding carboxylic acids is 2. The highest BCUT2D eigenvalue weighted by atomic mass is 19.1.